The molecular weight excluding hydrogens is 335 g/mol. The van der Waals surface area contributed by atoms with E-state index in [0.29, 0.717) is 21.3 Å². The van der Waals surface area contributed by atoms with E-state index in [0.717, 1.165) is 18.8 Å². The maximum Gasteiger partial charge on any atom is 0.257 e. The van der Waals surface area contributed by atoms with Crippen LogP contribution in [0.3, 0.4) is 0 Å². The van der Waals surface area contributed by atoms with Crippen molar-refractivity contribution >= 4 is 40.5 Å². The molecule has 5 nitrogen and oxygen atoms in total. The number of nitrogens with one attached hydrogen (secondary N) is 2. The first-order chi connectivity index (χ1) is 10.9. The highest BCUT2D eigenvalue weighted by Gasteiger charge is 2.09. The molecule has 1 aromatic heterocycles. The van der Waals surface area contributed by atoms with Crippen LogP contribution in [0.2, 0.25) is 10.0 Å². The Kier molecular flexibility index (Phi) is 6.21. The molecule has 0 atom stereocenters. The van der Waals surface area contributed by atoms with Gasteiger partial charge < -0.3 is 15.5 Å². The Labute approximate surface area is 145 Å². The van der Waals surface area contributed by atoms with Crippen molar-refractivity contribution in [3.8, 4) is 0 Å². The number of hydrogen-bond acceptors (Lipinski definition) is 4. The largest absolute Gasteiger partial charge is 0.382 e. The van der Waals surface area contributed by atoms with Crippen molar-refractivity contribution in [1.82, 2.24) is 9.88 Å². The molecule has 2 rings (SSSR count). The van der Waals surface area contributed by atoms with Crippen LogP contribution in [-0.4, -0.2) is 43.0 Å². The van der Waals surface area contributed by atoms with Crippen LogP contribution in [0, 0.1) is 0 Å². The molecule has 7 heteroatoms. The van der Waals surface area contributed by atoms with Crippen LogP contribution in [-0.2, 0) is 0 Å². The molecule has 0 spiro atoms. The molecule has 0 aliphatic heterocycles. The summed E-state index contributed by atoms with van der Waals surface area (Å²) in [5, 5.41) is 6.91. The van der Waals surface area contributed by atoms with Crippen molar-refractivity contribution in [1.29, 1.82) is 0 Å². The Morgan fingerprint density at radius 1 is 1.09 bits per heavy atom. The molecule has 0 saturated heterocycles. The molecule has 0 fully saturated rings. The van der Waals surface area contributed by atoms with Crippen molar-refractivity contribution in [2.75, 3.05) is 37.8 Å². The Bertz CT molecular complexity index is 671. The lowest BCUT2D eigenvalue weighted by molar-refractivity contribution is 0.102. The van der Waals surface area contributed by atoms with E-state index in [-0.39, 0.29) is 5.91 Å². The number of nitrogens with zero attached hydrogens (tertiary/aromatic N) is 2. The molecule has 1 heterocycles. The Morgan fingerprint density at radius 3 is 2.43 bits per heavy atom. The first kappa shape index (κ1) is 17.5. The predicted molar refractivity (Wildman–Crippen MR) is 95.7 cm³/mol. The van der Waals surface area contributed by atoms with Crippen molar-refractivity contribution in [3.05, 3.63) is 52.3 Å². The van der Waals surface area contributed by atoms with Gasteiger partial charge in [0.2, 0.25) is 0 Å². The fourth-order valence-electron chi connectivity index (χ4n) is 1.91. The zero-order valence-electron chi connectivity index (χ0n) is 12.9. The van der Waals surface area contributed by atoms with E-state index in [1.807, 2.05) is 14.1 Å². The smallest absolute Gasteiger partial charge is 0.257 e. The molecule has 1 amide bonds. The Balaban J connectivity index is 2.04. The standard InChI is InChI=1S/C16H18Cl2N4O/c1-22(2)4-3-20-15-5-11(9-19-10-15)16(23)21-14-7-12(17)6-13(18)8-14/h5-10,20H,3-4H2,1-2H3,(H,21,23). The number of benzene rings is 1. The van der Waals surface area contributed by atoms with Crippen LogP contribution >= 0.6 is 23.2 Å². The summed E-state index contributed by atoms with van der Waals surface area (Å²) in [5.74, 6) is -0.271. The highest BCUT2D eigenvalue weighted by atomic mass is 35.5. The number of pyridine rings is 1. The zero-order chi connectivity index (χ0) is 16.8. The van der Waals surface area contributed by atoms with E-state index in [4.69, 9.17) is 23.2 Å². The van der Waals surface area contributed by atoms with Crippen molar-refractivity contribution < 1.29 is 4.79 Å². The number of carbonyl (C=O) groups excluding carboxylic acids is 1. The fraction of sp³-hybridized carbons (Fsp3) is 0.250. The summed E-state index contributed by atoms with van der Waals surface area (Å²) in [5.41, 5.74) is 1.79. The van der Waals surface area contributed by atoms with Gasteiger partial charge in [-0.1, -0.05) is 23.2 Å². The van der Waals surface area contributed by atoms with Gasteiger partial charge >= 0.3 is 0 Å². The number of carbonyl (C=O) groups is 1. The predicted octanol–water partition coefficient (Wildman–Crippen LogP) is 3.61. The lowest BCUT2D eigenvalue weighted by atomic mass is 10.2. The number of hydrogen-bond donors (Lipinski definition) is 2. The number of halogens is 2. The molecule has 2 aromatic rings. The van der Waals surface area contributed by atoms with Gasteiger partial charge in [-0.15, -0.1) is 0 Å². The van der Waals surface area contributed by atoms with Crippen LogP contribution in [0.15, 0.2) is 36.7 Å². The number of rotatable bonds is 6. The third-order valence-electron chi connectivity index (χ3n) is 3.01. The van der Waals surface area contributed by atoms with Crippen LogP contribution < -0.4 is 10.6 Å². The minimum absolute atomic E-state index is 0.271. The molecule has 0 radical (unpaired) electrons. The molecule has 23 heavy (non-hydrogen) atoms. The normalized spacial score (nSPS) is 10.7. The Hall–Kier alpha value is -1.82. The van der Waals surface area contributed by atoms with Gasteiger partial charge in [-0.3, -0.25) is 9.78 Å². The summed E-state index contributed by atoms with van der Waals surface area (Å²) >= 11 is 11.9. The molecule has 0 saturated carbocycles. The second-order valence-electron chi connectivity index (χ2n) is 5.30. The van der Waals surface area contributed by atoms with Crippen LogP contribution in [0.1, 0.15) is 10.4 Å². The second-order valence-corrected chi connectivity index (χ2v) is 6.18. The van der Waals surface area contributed by atoms with E-state index in [2.05, 4.69) is 20.5 Å². The van der Waals surface area contributed by atoms with Crippen LogP contribution in [0.4, 0.5) is 11.4 Å². The summed E-state index contributed by atoms with van der Waals surface area (Å²) < 4.78 is 0. The molecule has 0 bridgehead atoms. The van der Waals surface area contributed by atoms with Gasteiger partial charge in [0.15, 0.2) is 0 Å². The quantitative estimate of drug-likeness (QED) is 0.833. The van der Waals surface area contributed by atoms with E-state index in [1.54, 1.807) is 30.5 Å². The maximum atomic E-state index is 12.3. The first-order valence-corrected chi connectivity index (χ1v) is 7.81. The number of amides is 1. The highest BCUT2D eigenvalue weighted by Crippen LogP contribution is 2.23. The molecule has 2 N–H and O–H groups in total. The summed E-state index contributed by atoms with van der Waals surface area (Å²) in [6.07, 6.45) is 3.20. The summed E-state index contributed by atoms with van der Waals surface area (Å²) in [6.45, 7) is 1.65. The summed E-state index contributed by atoms with van der Waals surface area (Å²) in [7, 11) is 4.00. The molecular formula is C16H18Cl2N4O. The van der Waals surface area contributed by atoms with E-state index in [1.165, 1.54) is 6.20 Å². The highest BCUT2D eigenvalue weighted by molar-refractivity contribution is 6.35. The number of aromatic nitrogens is 1. The minimum atomic E-state index is -0.271. The van der Waals surface area contributed by atoms with Gasteiger partial charge in [-0.2, -0.15) is 0 Å². The fourth-order valence-corrected chi connectivity index (χ4v) is 2.44. The van der Waals surface area contributed by atoms with Gasteiger partial charge in [0.1, 0.15) is 0 Å². The van der Waals surface area contributed by atoms with E-state index in [9.17, 15) is 4.79 Å². The van der Waals surface area contributed by atoms with Crippen LogP contribution in [0.25, 0.3) is 0 Å². The third-order valence-corrected chi connectivity index (χ3v) is 3.45. The number of likely N-dealkylation sites (N-methyl/N-ethyl adjacent to an activating group) is 1. The zero-order valence-corrected chi connectivity index (χ0v) is 14.4. The third kappa shape index (κ3) is 5.71. The maximum absolute atomic E-state index is 12.3. The molecule has 122 valence electrons. The number of anilines is 2. The van der Waals surface area contributed by atoms with Gasteiger partial charge in [-0.05, 0) is 38.4 Å². The minimum Gasteiger partial charge on any atom is -0.382 e. The molecule has 0 unspecified atom stereocenters. The van der Waals surface area contributed by atoms with Gasteiger partial charge in [0, 0.05) is 41.2 Å². The molecule has 0 aliphatic carbocycles. The first-order valence-electron chi connectivity index (χ1n) is 7.05. The topological polar surface area (TPSA) is 57.3 Å². The van der Waals surface area contributed by atoms with E-state index < -0.39 is 0 Å². The van der Waals surface area contributed by atoms with E-state index >= 15 is 0 Å². The van der Waals surface area contributed by atoms with Crippen LogP contribution in [0.5, 0.6) is 0 Å². The molecule has 1 aromatic carbocycles. The van der Waals surface area contributed by atoms with Gasteiger partial charge in [-0.25, -0.2) is 0 Å². The lowest BCUT2D eigenvalue weighted by Crippen LogP contribution is -2.21. The SMILES string of the molecule is CN(C)CCNc1cncc(C(=O)Nc2cc(Cl)cc(Cl)c2)c1. The average molecular weight is 353 g/mol. The molecule has 0 aliphatic rings. The average Bonchev–Trinajstić information content (AvgIpc) is 2.46. The lowest BCUT2D eigenvalue weighted by Gasteiger charge is -2.12. The Morgan fingerprint density at radius 2 is 1.78 bits per heavy atom. The van der Waals surface area contributed by atoms with Crippen molar-refractivity contribution in [3.63, 3.8) is 0 Å². The van der Waals surface area contributed by atoms with Gasteiger partial charge in [0.05, 0.1) is 11.3 Å². The van der Waals surface area contributed by atoms with Crippen molar-refractivity contribution in [2.24, 2.45) is 0 Å². The summed E-state index contributed by atoms with van der Waals surface area (Å²) in [4.78, 5) is 18.5. The van der Waals surface area contributed by atoms with Crippen molar-refractivity contribution in [2.45, 2.75) is 0 Å². The van der Waals surface area contributed by atoms with Gasteiger partial charge in [0.25, 0.3) is 5.91 Å². The monoisotopic (exact) mass is 352 g/mol. The second kappa shape index (κ2) is 8.15. The summed E-state index contributed by atoms with van der Waals surface area (Å²) in [6, 6.07) is 6.63.